The lowest BCUT2D eigenvalue weighted by Crippen LogP contribution is -2.43. The molecule has 4 atom stereocenters. The molecule has 3 N–H and O–H groups in total. The highest BCUT2D eigenvalue weighted by Crippen LogP contribution is 2.38. The molecular formula is C45H44ClN7O5. The molecule has 8 rings (SSSR count). The van der Waals surface area contributed by atoms with Crippen molar-refractivity contribution < 1.29 is 24.2 Å². The summed E-state index contributed by atoms with van der Waals surface area (Å²) < 4.78 is 5.65. The fraction of sp³-hybridized carbons (Fsp3) is 0.267. The Bertz CT molecular complexity index is 2400. The molecule has 0 aliphatic carbocycles. The Labute approximate surface area is 341 Å². The molecule has 0 spiro atoms. The van der Waals surface area contributed by atoms with Gasteiger partial charge in [0.05, 0.1) is 35.9 Å². The van der Waals surface area contributed by atoms with E-state index in [1.54, 1.807) is 42.5 Å². The number of likely N-dealkylation sites (N-methyl/N-ethyl adjacent to an activating group) is 1. The Hall–Kier alpha value is -6.24. The van der Waals surface area contributed by atoms with Crippen LogP contribution in [0.15, 0.2) is 116 Å². The van der Waals surface area contributed by atoms with Crippen molar-refractivity contribution in [1.82, 2.24) is 34.6 Å². The number of aromatic amines is 2. The quantitative estimate of drug-likeness (QED) is 0.119. The number of H-pyrrole nitrogens is 2. The number of imidazole rings is 2. The predicted octanol–water partition coefficient (Wildman–Crippen LogP) is 8.85. The third kappa shape index (κ3) is 7.60. The minimum atomic E-state index is -1.22. The zero-order valence-corrected chi connectivity index (χ0v) is 33.0. The average Bonchev–Trinajstić information content (AvgIpc) is 4.10. The van der Waals surface area contributed by atoms with Crippen molar-refractivity contribution in [2.75, 3.05) is 27.2 Å². The number of benzene rings is 4. The lowest BCUT2D eigenvalue weighted by molar-refractivity contribution is -0.143. The van der Waals surface area contributed by atoms with Crippen LogP contribution in [0.2, 0.25) is 5.02 Å². The molecule has 2 aliphatic rings. The second-order valence-corrected chi connectivity index (χ2v) is 15.1. The normalized spacial score (nSPS) is 17.6. The summed E-state index contributed by atoms with van der Waals surface area (Å²) >= 11 is 6.46. The van der Waals surface area contributed by atoms with Crippen molar-refractivity contribution in [1.29, 1.82) is 0 Å². The van der Waals surface area contributed by atoms with Gasteiger partial charge in [-0.1, -0.05) is 109 Å². The van der Waals surface area contributed by atoms with Crippen LogP contribution >= 0.6 is 11.6 Å². The molecule has 4 aromatic carbocycles. The van der Waals surface area contributed by atoms with Gasteiger partial charge in [0.2, 0.25) is 0 Å². The van der Waals surface area contributed by atoms with Crippen molar-refractivity contribution in [3.63, 3.8) is 0 Å². The van der Waals surface area contributed by atoms with E-state index in [0.717, 1.165) is 69.2 Å². The number of hydrogen-bond donors (Lipinski definition) is 3. The largest absolute Gasteiger partial charge is 0.465 e. The number of methoxy groups -OCH3 is 1. The van der Waals surface area contributed by atoms with Crippen molar-refractivity contribution in [3.05, 3.63) is 143 Å². The minimum Gasteiger partial charge on any atom is -0.465 e. The lowest BCUT2D eigenvalue weighted by Gasteiger charge is -2.32. The first-order valence-corrected chi connectivity index (χ1v) is 19.8. The molecule has 2 fully saturated rings. The molecule has 2 aliphatic heterocycles. The minimum absolute atomic E-state index is 0.0593. The molecule has 2 aromatic heterocycles. The van der Waals surface area contributed by atoms with Gasteiger partial charge in [-0.2, -0.15) is 0 Å². The summed E-state index contributed by atoms with van der Waals surface area (Å²) in [4.78, 5) is 60.6. The van der Waals surface area contributed by atoms with Crippen LogP contribution in [-0.2, 0) is 14.3 Å². The molecule has 0 bridgehead atoms. The number of carboxylic acid groups (broad SMARTS) is 1. The number of halogens is 1. The molecule has 58 heavy (non-hydrogen) atoms. The van der Waals surface area contributed by atoms with Crippen LogP contribution in [0.5, 0.6) is 0 Å². The van der Waals surface area contributed by atoms with Crippen LogP contribution < -0.4 is 0 Å². The SMILES string of the molecule is CO[C@@H](C(=O)N1CCC[C@H]1c1ncc(-c2ccc(-c3ccc(-c4cnc([C@@H]5CCCN5C(=O)[C@@H](c5ccccc5Cl)N(C)C(=O)O)[nH]4)cc3)cc2)[nH]1)c1ccccc1. The van der Waals surface area contributed by atoms with E-state index in [1.165, 1.54) is 7.05 Å². The summed E-state index contributed by atoms with van der Waals surface area (Å²) in [6.45, 7) is 1.13. The Morgan fingerprint density at radius 3 is 1.71 bits per heavy atom. The number of nitrogens with zero attached hydrogens (tertiary/aromatic N) is 5. The van der Waals surface area contributed by atoms with E-state index in [9.17, 15) is 19.5 Å². The van der Waals surface area contributed by atoms with Crippen molar-refractivity contribution in [2.45, 2.75) is 49.9 Å². The second-order valence-electron chi connectivity index (χ2n) is 14.7. The number of amides is 3. The Morgan fingerprint density at radius 2 is 1.21 bits per heavy atom. The van der Waals surface area contributed by atoms with Crippen LogP contribution in [0, 0.1) is 0 Å². The maximum Gasteiger partial charge on any atom is 0.407 e. The van der Waals surface area contributed by atoms with Crippen LogP contribution in [0.4, 0.5) is 4.79 Å². The first-order chi connectivity index (χ1) is 28.2. The first kappa shape index (κ1) is 38.6. The van der Waals surface area contributed by atoms with Gasteiger partial charge in [-0.25, -0.2) is 14.8 Å². The number of likely N-dealkylation sites (tertiary alicyclic amines) is 2. The van der Waals surface area contributed by atoms with Crippen molar-refractivity contribution in [2.24, 2.45) is 0 Å². The van der Waals surface area contributed by atoms with E-state index in [1.807, 2.05) is 53.6 Å². The highest BCUT2D eigenvalue weighted by Gasteiger charge is 2.40. The number of rotatable bonds is 11. The molecule has 3 amide bonds. The maximum absolute atomic E-state index is 14.0. The zero-order chi connectivity index (χ0) is 40.3. The fourth-order valence-electron chi connectivity index (χ4n) is 8.25. The van der Waals surface area contributed by atoms with Crippen LogP contribution in [-0.4, -0.2) is 84.9 Å². The molecule has 4 heterocycles. The zero-order valence-electron chi connectivity index (χ0n) is 32.2. The monoisotopic (exact) mass is 797 g/mol. The van der Waals surface area contributed by atoms with Gasteiger partial charge in [0.15, 0.2) is 6.10 Å². The van der Waals surface area contributed by atoms with Crippen molar-refractivity contribution >= 4 is 29.5 Å². The topological polar surface area (TPSA) is 148 Å². The van der Waals surface area contributed by atoms with Gasteiger partial charge in [-0.05, 0) is 59.6 Å². The Kier molecular flexibility index (Phi) is 11.1. The van der Waals surface area contributed by atoms with Crippen LogP contribution in [0.25, 0.3) is 33.6 Å². The first-order valence-electron chi connectivity index (χ1n) is 19.4. The summed E-state index contributed by atoms with van der Waals surface area (Å²) in [5.74, 6) is 1.02. The van der Waals surface area contributed by atoms with Gasteiger partial charge in [0, 0.05) is 37.8 Å². The smallest absolute Gasteiger partial charge is 0.407 e. The van der Waals surface area contributed by atoms with E-state index in [2.05, 4.69) is 51.4 Å². The van der Waals surface area contributed by atoms with Gasteiger partial charge in [-0.3, -0.25) is 14.5 Å². The van der Waals surface area contributed by atoms with E-state index in [0.29, 0.717) is 35.9 Å². The third-order valence-electron chi connectivity index (χ3n) is 11.3. The highest BCUT2D eigenvalue weighted by atomic mass is 35.5. The lowest BCUT2D eigenvalue weighted by atomic mass is 10.0. The molecule has 0 radical (unpaired) electrons. The molecular weight excluding hydrogens is 754 g/mol. The summed E-state index contributed by atoms with van der Waals surface area (Å²) in [7, 11) is 2.96. The van der Waals surface area contributed by atoms with Gasteiger partial charge in [-0.15, -0.1) is 0 Å². The molecule has 12 nitrogen and oxygen atoms in total. The number of nitrogens with one attached hydrogen (secondary N) is 2. The average molecular weight is 798 g/mol. The highest BCUT2D eigenvalue weighted by molar-refractivity contribution is 6.31. The number of ether oxygens (including phenoxy) is 1. The molecule has 13 heteroatoms. The second kappa shape index (κ2) is 16.7. The van der Waals surface area contributed by atoms with Gasteiger partial charge >= 0.3 is 6.09 Å². The molecule has 296 valence electrons. The number of carbonyl (C=O) groups is 3. The summed E-state index contributed by atoms with van der Waals surface area (Å²) in [6.07, 6.45) is 4.90. The maximum atomic E-state index is 14.0. The predicted molar refractivity (Wildman–Crippen MR) is 221 cm³/mol. The van der Waals surface area contributed by atoms with Crippen molar-refractivity contribution in [3.8, 4) is 33.6 Å². The van der Waals surface area contributed by atoms with Crippen LogP contribution in [0.3, 0.4) is 0 Å². The fourth-order valence-corrected chi connectivity index (χ4v) is 8.49. The van der Waals surface area contributed by atoms with E-state index in [-0.39, 0.29) is 23.9 Å². The summed E-state index contributed by atoms with van der Waals surface area (Å²) in [6, 6.07) is 31.3. The number of carbonyl (C=O) groups excluding carboxylic acids is 2. The number of hydrogen-bond acceptors (Lipinski definition) is 6. The molecule has 2 saturated heterocycles. The van der Waals surface area contributed by atoms with E-state index >= 15 is 0 Å². The van der Waals surface area contributed by atoms with Gasteiger partial charge < -0.3 is 29.6 Å². The van der Waals surface area contributed by atoms with Gasteiger partial charge in [0.25, 0.3) is 11.8 Å². The van der Waals surface area contributed by atoms with Crippen LogP contribution in [0.1, 0.15) is 72.7 Å². The summed E-state index contributed by atoms with van der Waals surface area (Å²) in [5, 5.41) is 10.2. The van der Waals surface area contributed by atoms with E-state index < -0.39 is 18.2 Å². The Morgan fingerprint density at radius 1 is 0.724 bits per heavy atom. The Balaban J connectivity index is 0.936. The third-order valence-corrected chi connectivity index (χ3v) is 11.6. The standard InChI is InChI=1S/C45H44ClN7O5/c1-51(45(56)57)39(33-12-6-7-13-34(33)46)43(54)52-24-8-14-37(52)41-47-26-35(49-41)30-20-16-28(17-21-30)29-18-22-31(23-19-29)36-27-48-42(50-36)38-15-9-25-53(38)44(55)40(58-2)32-10-4-3-5-11-32/h3-7,10-13,16-23,26-27,37-40H,8-9,14-15,24-25H2,1-2H3,(H,47,49)(H,48,50)(H,56,57)/t37-,38-,39+,40+/m0/s1. The molecule has 0 saturated carbocycles. The van der Waals surface area contributed by atoms with E-state index in [4.69, 9.17) is 21.3 Å². The summed E-state index contributed by atoms with van der Waals surface area (Å²) in [5.41, 5.74) is 7.01. The molecule has 6 aromatic rings. The van der Waals surface area contributed by atoms with Gasteiger partial charge in [0.1, 0.15) is 17.7 Å². The number of aromatic nitrogens is 4. The molecule has 0 unspecified atom stereocenters.